The molecule has 0 bridgehead atoms. The molecule has 7 nitrogen and oxygen atoms in total. The van der Waals surface area contributed by atoms with E-state index in [0.29, 0.717) is 23.8 Å². The molecule has 2 fully saturated rings. The van der Waals surface area contributed by atoms with Gasteiger partial charge in [-0.2, -0.15) is 13.2 Å². The van der Waals surface area contributed by atoms with Gasteiger partial charge in [0.25, 0.3) is 5.56 Å². The van der Waals surface area contributed by atoms with E-state index in [4.69, 9.17) is 0 Å². The summed E-state index contributed by atoms with van der Waals surface area (Å²) in [6.45, 7) is 4.64. The molecule has 0 unspecified atom stereocenters. The van der Waals surface area contributed by atoms with Crippen LogP contribution in [-0.2, 0) is 25.2 Å². The van der Waals surface area contributed by atoms with Gasteiger partial charge in [0, 0.05) is 42.1 Å². The highest BCUT2D eigenvalue weighted by Crippen LogP contribution is 2.51. The molecule has 1 aromatic carbocycles. The van der Waals surface area contributed by atoms with Crippen molar-refractivity contribution in [1.82, 2.24) is 29.6 Å². The fraction of sp³-hybridized carbons (Fsp3) is 0.464. The highest BCUT2D eigenvalue weighted by Gasteiger charge is 2.48. The molecule has 38 heavy (non-hydrogen) atoms. The third kappa shape index (κ3) is 3.97. The van der Waals surface area contributed by atoms with Gasteiger partial charge in [0.2, 0.25) is 0 Å². The second kappa shape index (κ2) is 8.56. The summed E-state index contributed by atoms with van der Waals surface area (Å²) in [5, 5.41) is 11.7. The molecule has 0 atom stereocenters. The number of rotatable bonds is 6. The van der Waals surface area contributed by atoms with E-state index in [0.717, 1.165) is 54.3 Å². The first kappa shape index (κ1) is 24.9. The summed E-state index contributed by atoms with van der Waals surface area (Å²) in [7, 11) is 1.89. The van der Waals surface area contributed by atoms with Crippen molar-refractivity contribution < 1.29 is 13.2 Å². The maximum absolute atomic E-state index is 14.2. The van der Waals surface area contributed by atoms with Gasteiger partial charge in [0.15, 0.2) is 0 Å². The van der Waals surface area contributed by atoms with Crippen LogP contribution in [0.2, 0.25) is 0 Å². The second-order valence-corrected chi connectivity index (χ2v) is 11.5. The Hall–Kier alpha value is -3.40. The summed E-state index contributed by atoms with van der Waals surface area (Å²) in [6, 6.07) is 8.69. The lowest BCUT2D eigenvalue weighted by atomic mass is 9.58. The minimum atomic E-state index is -4.62. The number of nitrogens with one attached hydrogen (secondary N) is 2. The van der Waals surface area contributed by atoms with Crippen molar-refractivity contribution in [2.75, 3.05) is 0 Å². The van der Waals surface area contributed by atoms with Gasteiger partial charge in [-0.3, -0.25) is 9.36 Å². The molecule has 3 aromatic heterocycles. The lowest BCUT2D eigenvalue weighted by molar-refractivity contribution is -0.136. The van der Waals surface area contributed by atoms with Crippen molar-refractivity contribution in [3.8, 4) is 5.69 Å². The average Bonchev–Trinajstić information content (AvgIpc) is 3.45. The molecule has 2 saturated carbocycles. The number of halogens is 3. The minimum Gasteiger partial charge on any atom is -0.353 e. The van der Waals surface area contributed by atoms with Gasteiger partial charge in [-0.1, -0.05) is 19.1 Å². The van der Waals surface area contributed by atoms with Gasteiger partial charge in [0.1, 0.15) is 17.7 Å². The molecule has 3 heterocycles. The summed E-state index contributed by atoms with van der Waals surface area (Å²) in [5.41, 5.74) is 0.0586. The second-order valence-electron chi connectivity index (χ2n) is 11.5. The maximum atomic E-state index is 14.2. The van der Waals surface area contributed by atoms with E-state index in [2.05, 4.69) is 34.3 Å². The standard InChI is InChI=1S/C28H31F3N6O/c1-17-12-27(13-17,25-35-33-16-36(25)3)18-6-4-7-20(10-18)37-15-22(28(29,30)31)21-11-19(34-23(21)24(37)38)14-32-26(2)8-5-9-26/h4,6-7,10-11,15-17,32,34H,5,8-9,12-14H2,1-3H3. The van der Waals surface area contributed by atoms with Crippen molar-refractivity contribution in [2.45, 2.75) is 69.6 Å². The predicted octanol–water partition coefficient (Wildman–Crippen LogP) is 5.21. The highest BCUT2D eigenvalue weighted by molar-refractivity contribution is 5.84. The molecule has 0 spiro atoms. The molecule has 10 heteroatoms. The largest absolute Gasteiger partial charge is 0.418 e. The minimum absolute atomic E-state index is 0.0114. The van der Waals surface area contributed by atoms with Crippen LogP contribution in [0.3, 0.4) is 0 Å². The van der Waals surface area contributed by atoms with Crippen molar-refractivity contribution in [3.05, 3.63) is 75.9 Å². The van der Waals surface area contributed by atoms with E-state index in [1.54, 1.807) is 18.5 Å². The van der Waals surface area contributed by atoms with Crippen LogP contribution in [0.1, 0.15) is 68.6 Å². The van der Waals surface area contributed by atoms with Crippen LogP contribution < -0.4 is 10.9 Å². The molecular formula is C28H31F3N6O. The lowest BCUT2D eigenvalue weighted by Gasteiger charge is -2.46. The first-order chi connectivity index (χ1) is 18.0. The number of benzene rings is 1. The van der Waals surface area contributed by atoms with E-state index < -0.39 is 22.7 Å². The number of aromatic nitrogens is 5. The fourth-order valence-electron chi connectivity index (χ4n) is 6.32. The number of hydrogen-bond acceptors (Lipinski definition) is 4. The zero-order valence-electron chi connectivity index (χ0n) is 21.7. The van der Waals surface area contributed by atoms with Crippen LogP contribution in [0.5, 0.6) is 0 Å². The summed E-state index contributed by atoms with van der Waals surface area (Å²) in [4.78, 5) is 16.6. The molecular weight excluding hydrogens is 493 g/mol. The van der Waals surface area contributed by atoms with Gasteiger partial charge < -0.3 is 14.9 Å². The Balaban J connectivity index is 1.45. The van der Waals surface area contributed by atoms with Crippen molar-refractivity contribution in [3.63, 3.8) is 0 Å². The Morgan fingerprint density at radius 3 is 2.58 bits per heavy atom. The molecule has 0 saturated heterocycles. The zero-order valence-corrected chi connectivity index (χ0v) is 21.7. The Kier molecular flexibility index (Phi) is 5.61. The molecule has 2 N–H and O–H groups in total. The van der Waals surface area contributed by atoms with E-state index >= 15 is 0 Å². The van der Waals surface area contributed by atoms with Crippen LogP contribution in [0.25, 0.3) is 16.6 Å². The monoisotopic (exact) mass is 524 g/mol. The maximum Gasteiger partial charge on any atom is 0.418 e. The number of aromatic amines is 1. The molecule has 0 radical (unpaired) electrons. The number of H-pyrrole nitrogens is 1. The summed E-state index contributed by atoms with van der Waals surface area (Å²) in [5.74, 6) is 1.28. The normalized spacial score (nSPS) is 22.8. The van der Waals surface area contributed by atoms with Crippen LogP contribution in [-0.4, -0.2) is 29.9 Å². The Morgan fingerprint density at radius 2 is 1.97 bits per heavy atom. The number of hydrogen-bond donors (Lipinski definition) is 2. The first-order valence-electron chi connectivity index (χ1n) is 13.0. The topological polar surface area (TPSA) is 80.5 Å². The van der Waals surface area contributed by atoms with E-state index in [-0.39, 0.29) is 16.4 Å². The van der Waals surface area contributed by atoms with Crippen LogP contribution in [0.15, 0.2) is 47.7 Å². The summed E-state index contributed by atoms with van der Waals surface area (Å²) in [6.07, 6.45) is 2.84. The quantitative estimate of drug-likeness (QED) is 0.363. The van der Waals surface area contributed by atoms with Gasteiger partial charge in [-0.25, -0.2) is 0 Å². The third-order valence-corrected chi connectivity index (χ3v) is 8.53. The smallest absolute Gasteiger partial charge is 0.353 e. The van der Waals surface area contributed by atoms with Crippen LogP contribution >= 0.6 is 0 Å². The number of aryl methyl sites for hydroxylation is 1. The molecule has 6 rings (SSSR count). The third-order valence-electron chi connectivity index (χ3n) is 8.53. The van der Waals surface area contributed by atoms with E-state index in [1.165, 1.54) is 6.07 Å². The molecule has 2 aliphatic rings. The van der Waals surface area contributed by atoms with Crippen LogP contribution in [0, 0.1) is 5.92 Å². The van der Waals surface area contributed by atoms with Crippen molar-refractivity contribution in [2.24, 2.45) is 13.0 Å². The fourth-order valence-corrected chi connectivity index (χ4v) is 6.32. The number of alkyl halides is 3. The number of fused-ring (bicyclic) bond motifs is 1. The van der Waals surface area contributed by atoms with E-state index in [1.807, 2.05) is 23.7 Å². The Labute approximate surface area is 218 Å². The van der Waals surface area contributed by atoms with E-state index in [9.17, 15) is 18.0 Å². The van der Waals surface area contributed by atoms with Crippen LogP contribution in [0.4, 0.5) is 13.2 Å². The van der Waals surface area contributed by atoms with Crippen molar-refractivity contribution >= 4 is 10.9 Å². The first-order valence-corrected chi connectivity index (χ1v) is 13.0. The molecule has 0 amide bonds. The Bertz CT molecular complexity index is 1570. The summed E-state index contributed by atoms with van der Waals surface area (Å²) < 4.78 is 45.7. The molecule has 200 valence electrons. The van der Waals surface area contributed by atoms with Gasteiger partial charge in [-0.05, 0) is 68.7 Å². The zero-order chi connectivity index (χ0) is 26.9. The van der Waals surface area contributed by atoms with Crippen molar-refractivity contribution in [1.29, 1.82) is 0 Å². The summed E-state index contributed by atoms with van der Waals surface area (Å²) >= 11 is 0. The number of pyridine rings is 1. The predicted molar refractivity (Wildman–Crippen MR) is 138 cm³/mol. The number of nitrogens with zero attached hydrogens (tertiary/aromatic N) is 4. The Morgan fingerprint density at radius 1 is 1.21 bits per heavy atom. The van der Waals surface area contributed by atoms with Gasteiger partial charge in [-0.15, -0.1) is 10.2 Å². The average molecular weight is 525 g/mol. The lowest BCUT2D eigenvalue weighted by Crippen LogP contribution is -2.47. The van der Waals surface area contributed by atoms with Gasteiger partial charge in [0.05, 0.1) is 11.0 Å². The SMILES string of the molecule is CC1CC(c2cccc(-n3cc(C(F)(F)F)c4cc(CNC5(C)CCC5)[nH]c4c3=O)c2)(c2nncn2C)C1. The molecule has 2 aliphatic carbocycles. The molecule has 4 aromatic rings. The molecule has 0 aliphatic heterocycles. The highest BCUT2D eigenvalue weighted by atomic mass is 19.4. The van der Waals surface area contributed by atoms with Gasteiger partial charge >= 0.3 is 6.18 Å².